The van der Waals surface area contributed by atoms with E-state index in [-0.39, 0.29) is 17.2 Å². The van der Waals surface area contributed by atoms with Gasteiger partial charge in [-0.05, 0) is 85.0 Å². The molecule has 0 unspecified atom stereocenters. The van der Waals surface area contributed by atoms with Gasteiger partial charge < -0.3 is 9.47 Å². The fourth-order valence-electron chi connectivity index (χ4n) is 4.30. The summed E-state index contributed by atoms with van der Waals surface area (Å²) in [5.74, 6) is 1.99. The van der Waals surface area contributed by atoms with Crippen molar-refractivity contribution in [2.45, 2.75) is 39.5 Å². The van der Waals surface area contributed by atoms with Crippen molar-refractivity contribution in [2.75, 3.05) is 4.90 Å². The van der Waals surface area contributed by atoms with Crippen molar-refractivity contribution in [1.29, 1.82) is 0 Å². The highest BCUT2D eigenvalue weighted by molar-refractivity contribution is 6.34. The van der Waals surface area contributed by atoms with E-state index in [9.17, 15) is 9.59 Å². The van der Waals surface area contributed by atoms with Crippen LogP contribution in [0.3, 0.4) is 0 Å². The zero-order chi connectivity index (χ0) is 26.2. The zero-order valence-corrected chi connectivity index (χ0v) is 21.4. The number of fused-ring (bicyclic) bond motifs is 1. The Balaban J connectivity index is 1.27. The molecule has 0 aromatic heterocycles. The van der Waals surface area contributed by atoms with Crippen LogP contribution in [0.1, 0.15) is 59.0 Å². The van der Waals surface area contributed by atoms with Gasteiger partial charge in [-0.15, -0.1) is 0 Å². The van der Waals surface area contributed by atoms with E-state index in [1.54, 1.807) is 36.4 Å². The number of hydrogen-bond acceptors (Lipinski definition) is 4. The molecule has 5 nitrogen and oxygen atoms in total. The number of carbonyl (C=O) groups is 2. The third-order valence-electron chi connectivity index (χ3n) is 6.93. The van der Waals surface area contributed by atoms with Crippen LogP contribution in [0.15, 0.2) is 91.0 Å². The number of rotatable bonds is 7. The number of aryl methyl sites for hydroxylation is 1. The average Bonchev–Trinajstić information content (AvgIpc) is 3.14. The monoisotopic (exact) mass is 491 g/mol. The van der Waals surface area contributed by atoms with Crippen LogP contribution in [-0.2, 0) is 5.41 Å². The lowest BCUT2D eigenvalue weighted by molar-refractivity contribution is 0.0926. The van der Waals surface area contributed by atoms with E-state index in [2.05, 4.69) is 32.9 Å². The van der Waals surface area contributed by atoms with Crippen molar-refractivity contribution in [3.05, 3.63) is 113 Å². The Bertz CT molecular complexity index is 1470. The number of carbonyl (C=O) groups excluding carboxylic acids is 2. The number of benzene rings is 4. The van der Waals surface area contributed by atoms with Crippen molar-refractivity contribution in [3.8, 4) is 23.0 Å². The lowest BCUT2D eigenvalue weighted by atomic mass is 9.82. The number of anilines is 1. The lowest BCUT2D eigenvalue weighted by Gasteiger charge is -2.23. The molecular weight excluding hydrogens is 462 g/mol. The summed E-state index contributed by atoms with van der Waals surface area (Å²) in [6, 6.07) is 27.8. The summed E-state index contributed by atoms with van der Waals surface area (Å²) in [4.78, 5) is 26.9. The van der Waals surface area contributed by atoms with Crippen molar-refractivity contribution in [1.82, 2.24) is 0 Å². The highest BCUT2D eigenvalue weighted by Crippen LogP contribution is 2.33. The van der Waals surface area contributed by atoms with Gasteiger partial charge in [0.15, 0.2) is 0 Å². The summed E-state index contributed by atoms with van der Waals surface area (Å²) in [6.45, 7) is 8.55. The molecular formula is C32H29NO4. The van der Waals surface area contributed by atoms with Crippen LogP contribution in [0.2, 0.25) is 0 Å². The molecule has 1 aliphatic rings. The number of hydrogen-bond donors (Lipinski definition) is 0. The van der Waals surface area contributed by atoms with Crippen LogP contribution < -0.4 is 14.4 Å². The van der Waals surface area contributed by atoms with Crippen LogP contribution in [0.25, 0.3) is 0 Å². The van der Waals surface area contributed by atoms with Crippen LogP contribution in [0, 0.1) is 6.92 Å². The van der Waals surface area contributed by atoms with Crippen LogP contribution >= 0.6 is 0 Å². The van der Waals surface area contributed by atoms with Gasteiger partial charge in [0, 0.05) is 6.07 Å². The largest absolute Gasteiger partial charge is 0.457 e. The molecule has 4 aromatic rings. The molecule has 0 atom stereocenters. The fourth-order valence-corrected chi connectivity index (χ4v) is 4.30. The summed E-state index contributed by atoms with van der Waals surface area (Å²) in [5.41, 5.74) is 3.71. The summed E-state index contributed by atoms with van der Waals surface area (Å²) < 4.78 is 12.1. The first-order valence-electron chi connectivity index (χ1n) is 12.4. The van der Waals surface area contributed by atoms with E-state index in [1.807, 2.05) is 49.4 Å². The summed E-state index contributed by atoms with van der Waals surface area (Å²) in [5, 5.41) is 0. The third-order valence-corrected chi connectivity index (χ3v) is 6.93. The van der Waals surface area contributed by atoms with Gasteiger partial charge in [-0.1, -0.05) is 50.6 Å². The molecule has 37 heavy (non-hydrogen) atoms. The minimum Gasteiger partial charge on any atom is -0.457 e. The van der Waals surface area contributed by atoms with Gasteiger partial charge in [-0.25, -0.2) is 4.90 Å². The second kappa shape index (κ2) is 9.58. The van der Waals surface area contributed by atoms with Gasteiger partial charge >= 0.3 is 0 Å². The first kappa shape index (κ1) is 24.3. The van der Waals surface area contributed by atoms with Gasteiger partial charge in [-0.2, -0.15) is 0 Å². The predicted octanol–water partition coefficient (Wildman–Crippen LogP) is 8.07. The van der Waals surface area contributed by atoms with Gasteiger partial charge in [0.1, 0.15) is 23.0 Å². The topological polar surface area (TPSA) is 55.8 Å². The quantitative estimate of drug-likeness (QED) is 0.245. The van der Waals surface area contributed by atoms with Crippen molar-refractivity contribution >= 4 is 17.5 Å². The molecule has 5 rings (SSSR count). The van der Waals surface area contributed by atoms with Gasteiger partial charge in [0.2, 0.25) is 0 Å². The molecule has 0 saturated heterocycles. The SMILES string of the molecule is CCC(C)(C)c1ccc(Oc2cccc(Oc3ccc(N4C(=O)c5ccc(C)cc5C4=O)cc3)c2)cc1. The second-order valence-electron chi connectivity index (χ2n) is 9.93. The maximum absolute atomic E-state index is 12.9. The number of ether oxygens (including phenoxy) is 2. The van der Waals surface area contributed by atoms with Crippen molar-refractivity contribution < 1.29 is 19.1 Å². The van der Waals surface area contributed by atoms with Crippen LogP contribution in [-0.4, -0.2) is 11.8 Å². The van der Waals surface area contributed by atoms with E-state index >= 15 is 0 Å². The number of amides is 2. The van der Waals surface area contributed by atoms with Crippen molar-refractivity contribution in [2.24, 2.45) is 0 Å². The smallest absolute Gasteiger partial charge is 0.266 e. The Morgan fingerprint density at radius 2 is 1.24 bits per heavy atom. The number of imide groups is 1. The highest BCUT2D eigenvalue weighted by atomic mass is 16.5. The lowest BCUT2D eigenvalue weighted by Crippen LogP contribution is -2.29. The first-order chi connectivity index (χ1) is 17.7. The Labute approximate surface area is 217 Å². The predicted molar refractivity (Wildman–Crippen MR) is 145 cm³/mol. The number of nitrogens with zero attached hydrogens (tertiary/aromatic N) is 1. The molecule has 0 fully saturated rings. The first-order valence-corrected chi connectivity index (χ1v) is 12.4. The molecule has 2 amide bonds. The minimum absolute atomic E-state index is 0.125. The van der Waals surface area contributed by atoms with Crippen LogP contribution in [0.5, 0.6) is 23.0 Å². The van der Waals surface area contributed by atoms with Crippen molar-refractivity contribution in [3.63, 3.8) is 0 Å². The molecule has 1 aliphatic heterocycles. The van der Waals surface area contributed by atoms with Gasteiger partial charge in [0.25, 0.3) is 11.8 Å². The molecule has 0 spiro atoms. The molecule has 0 saturated carbocycles. The second-order valence-corrected chi connectivity index (χ2v) is 9.93. The maximum atomic E-state index is 12.9. The minimum atomic E-state index is -0.315. The maximum Gasteiger partial charge on any atom is 0.266 e. The average molecular weight is 492 g/mol. The Kier molecular flexibility index (Phi) is 6.30. The molecule has 0 aliphatic carbocycles. The zero-order valence-electron chi connectivity index (χ0n) is 21.4. The standard InChI is InChI=1S/C32H29NO4/c1-5-32(3,4)22-10-14-24(15-11-22)36-26-7-6-8-27(20-26)37-25-16-12-23(13-17-25)33-30(34)28-18-9-21(2)19-29(28)31(33)35/h6-20H,5H2,1-4H3. The Morgan fingerprint density at radius 1 is 0.676 bits per heavy atom. The van der Waals surface area contributed by atoms with E-state index in [4.69, 9.17) is 9.47 Å². The summed E-state index contributed by atoms with van der Waals surface area (Å²) in [6.07, 6.45) is 1.06. The summed E-state index contributed by atoms with van der Waals surface area (Å²) >= 11 is 0. The molecule has 1 heterocycles. The van der Waals surface area contributed by atoms with Gasteiger partial charge in [-0.3, -0.25) is 9.59 Å². The Morgan fingerprint density at radius 3 is 1.84 bits per heavy atom. The van der Waals surface area contributed by atoms with Crippen LogP contribution in [0.4, 0.5) is 5.69 Å². The highest BCUT2D eigenvalue weighted by Gasteiger charge is 2.36. The van der Waals surface area contributed by atoms with Gasteiger partial charge in [0.05, 0.1) is 16.8 Å². The molecule has 0 bridgehead atoms. The molecule has 0 N–H and O–H groups in total. The molecule has 5 heteroatoms. The fraction of sp³-hybridized carbons (Fsp3) is 0.188. The van der Waals surface area contributed by atoms with E-state index in [0.29, 0.717) is 34.1 Å². The van der Waals surface area contributed by atoms with E-state index in [1.165, 1.54) is 10.5 Å². The molecule has 0 radical (unpaired) electrons. The van der Waals surface area contributed by atoms with E-state index < -0.39 is 0 Å². The third kappa shape index (κ3) is 4.85. The normalized spacial score (nSPS) is 13.0. The van der Waals surface area contributed by atoms with E-state index in [0.717, 1.165) is 17.7 Å². The molecule has 4 aromatic carbocycles. The Hall–Kier alpha value is -4.38. The molecule has 186 valence electrons. The summed E-state index contributed by atoms with van der Waals surface area (Å²) in [7, 11) is 0.